The fraction of sp³-hybridized carbons (Fsp3) is 0.727. The van der Waals surface area contributed by atoms with Crippen LogP contribution in [0.5, 0.6) is 0 Å². The molecular formula is C11H19N3O2. The molecule has 1 aliphatic rings. The fourth-order valence-corrected chi connectivity index (χ4v) is 1.43. The van der Waals surface area contributed by atoms with Crippen molar-refractivity contribution in [2.24, 2.45) is 5.10 Å². The lowest BCUT2D eigenvalue weighted by Gasteiger charge is -2.22. The van der Waals surface area contributed by atoms with Crippen molar-refractivity contribution in [1.29, 1.82) is 0 Å². The van der Waals surface area contributed by atoms with E-state index in [9.17, 15) is 9.59 Å². The molecule has 0 aliphatic carbocycles. The Morgan fingerprint density at radius 2 is 2.12 bits per heavy atom. The monoisotopic (exact) mass is 225 g/mol. The van der Waals surface area contributed by atoms with E-state index in [0.29, 0.717) is 18.6 Å². The molecule has 1 amide bonds. The summed E-state index contributed by atoms with van der Waals surface area (Å²) in [4.78, 5) is 23.1. The third kappa shape index (κ3) is 3.32. The Bertz CT molecular complexity index is 329. The lowest BCUT2D eigenvalue weighted by molar-refractivity contribution is -0.124. The molecule has 1 aliphatic heterocycles. The Balaban J connectivity index is 2.50. The molecule has 0 aromatic heterocycles. The maximum Gasteiger partial charge on any atom is 0.244 e. The average molecular weight is 225 g/mol. The van der Waals surface area contributed by atoms with Crippen LogP contribution in [0.15, 0.2) is 5.10 Å². The van der Waals surface area contributed by atoms with Gasteiger partial charge in [-0.3, -0.25) is 15.0 Å². The van der Waals surface area contributed by atoms with E-state index in [1.165, 1.54) is 0 Å². The number of rotatable bonds is 3. The van der Waals surface area contributed by atoms with Crippen molar-refractivity contribution in [2.45, 2.75) is 52.1 Å². The van der Waals surface area contributed by atoms with Gasteiger partial charge in [0.15, 0.2) is 5.78 Å². The van der Waals surface area contributed by atoms with Crippen molar-refractivity contribution in [2.75, 3.05) is 0 Å². The molecule has 0 radical (unpaired) electrons. The first-order valence-corrected chi connectivity index (χ1v) is 5.51. The molecule has 90 valence electrons. The minimum absolute atomic E-state index is 0.00133. The Morgan fingerprint density at radius 1 is 1.50 bits per heavy atom. The second-order valence-corrected chi connectivity index (χ2v) is 4.96. The van der Waals surface area contributed by atoms with Gasteiger partial charge in [0.25, 0.3) is 0 Å². The predicted octanol–water partition coefficient (Wildman–Crippen LogP) is 0.598. The maximum atomic E-state index is 11.8. The summed E-state index contributed by atoms with van der Waals surface area (Å²) in [6, 6.07) is -0.412. The molecule has 0 aromatic carbocycles. The molecule has 16 heavy (non-hydrogen) atoms. The standard InChI is InChI=1S/C11H19N3O2/c1-5-9(15)7-6-8(14-13-7)10(16)12-11(2,3)4/h8,14H,5-6H2,1-4H3,(H,12,16). The van der Waals surface area contributed by atoms with E-state index in [1.807, 2.05) is 20.8 Å². The van der Waals surface area contributed by atoms with Gasteiger partial charge >= 0.3 is 0 Å². The zero-order valence-electron chi connectivity index (χ0n) is 10.3. The molecule has 1 rings (SSSR count). The van der Waals surface area contributed by atoms with Crippen LogP contribution in [0.4, 0.5) is 0 Å². The van der Waals surface area contributed by atoms with Crippen LogP contribution in [0.2, 0.25) is 0 Å². The zero-order chi connectivity index (χ0) is 12.3. The predicted molar refractivity (Wildman–Crippen MR) is 62.2 cm³/mol. The number of nitrogens with zero attached hydrogens (tertiary/aromatic N) is 1. The molecule has 0 fully saturated rings. The number of Topliss-reactive ketones (excluding diaryl/α,β-unsaturated/α-hetero) is 1. The van der Waals surface area contributed by atoms with Gasteiger partial charge in [0.1, 0.15) is 11.8 Å². The van der Waals surface area contributed by atoms with Crippen molar-refractivity contribution >= 4 is 17.4 Å². The highest BCUT2D eigenvalue weighted by molar-refractivity contribution is 6.40. The van der Waals surface area contributed by atoms with E-state index in [2.05, 4.69) is 15.8 Å². The highest BCUT2D eigenvalue weighted by Gasteiger charge is 2.29. The number of carbonyl (C=O) groups is 2. The number of ketones is 1. The number of nitrogens with one attached hydrogen (secondary N) is 2. The highest BCUT2D eigenvalue weighted by Crippen LogP contribution is 2.08. The molecular weight excluding hydrogens is 206 g/mol. The maximum absolute atomic E-state index is 11.8. The second kappa shape index (κ2) is 4.63. The Hall–Kier alpha value is -1.39. The van der Waals surface area contributed by atoms with Crippen LogP contribution < -0.4 is 10.7 Å². The molecule has 0 bridgehead atoms. The molecule has 2 N–H and O–H groups in total. The van der Waals surface area contributed by atoms with Crippen LogP contribution in [0.1, 0.15) is 40.5 Å². The minimum Gasteiger partial charge on any atom is -0.350 e. The first kappa shape index (κ1) is 12.7. The van der Waals surface area contributed by atoms with Crippen LogP contribution in [-0.4, -0.2) is 29.0 Å². The van der Waals surface area contributed by atoms with E-state index in [1.54, 1.807) is 6.92 Å². The molecule has 5 heteroatoms. The molecule has 0 saturated heterocycles. The van der Waals surface area contributed by atoms with Crippen molar-refractivity contribution in [1.82, 2.24) is 10.7 Å². The SMILES string of the molecule is CCC(=O)C1=NNC(C(=O)NC(C)(C)C)C1. The Labute approximate surface area is 95.7 Å². The van der Waals surface area contributed by atoms with Crippen molar-refractivity contribution in [3.63, 3.8) is 0 Å². The number of hydrogen-bond acceptors (Lipinski definition) is 4. The summed E-state index contributed by atoms with van der Waals surface area (Å²) in [5.41, 5.74) is 2.90. The summed E-state index contributed by atoms with van der Waals surface area (Å²) in [5, 5.41) is 6.75. The smallest absolute Gasteiger partial charge is 0.244 e. The molecule has 0 aromatic rings. The van der Waals surface area contributed by atoms with E-state index < -0.39 is 6.04 Å². The van der Waals surface area contributed by atoms with E-state index in [-0.39, 0.29) is 17.2 Å². The molecule has 1 atom stereocenters. The van der Waals surface area contributed by atoms with Gasteiger partial charge in [0.05, 0.1) is 0 Å². The molecule has 0 saturated carbocycles. The van der Waals surface area contributed by atoms with Gasteiger partial charge in [-0.1, -0.05) is 6.92 Å². The van der Waals surface area contributed by atoms with Crippen molar-refractivity contribution in [3.8, 4) is 0 Å². The summed E-state index contributed by atoms with van der Waals surface area (Å²) < 4.78 is 0. The van der Waals surface area contributed by atoms with Crippen LogP contribution in [-0.2, 0) is 9.59 Å². The third-order valence-corrected chi connectivity index (χ3v) is 2.21. The third-order valence-electron chi connectivity index (χ3n) is 2.21. The number of hydrogen-bond donors (Lipinski definition) is 2. The zero-order valence-corrected chi connectivity index (χ0v) is 10.3. The van der Waals surface area contributed by atoms with Crippen LogP contribution in [0, 0.1) is 0 Å². The van der Waals surface area contributed by atoms with E-state index in [0.717, 1.165) is 0 Å². The summed E-state index contributed by atoms with van der Waals surface area (Å²) >= 11 is 0. The lowest BCUT2D eigenvalue weighted by Crippen LogP contribution is -2.48. The van der Waals surface area contributed by atoms with Gasteiger partial charge in [-0.2, -0.15) is 5.10 Å². The normalized spacial score (nSPS) is 20.0. The summed E-state index contributed by atoms with van der Waals surface area (Å²) in [7, 11) is 0. The minimum atomic E-state index is -0.412. The summed E-state index contributed by atoms with van der Waals surface area (Å²) in [6.45, 7) is 7.53. The largest absolute Gasteiger partial charge is 0.350 e. The number of amides is 1. The lowest BCUT2D eigenvalue weighted by atomic mass is 10.0. The molecule has 5 nitrogen and oxygen atoms in total. The van der Waals surface area contributed by atoms with Crippen molar-refractivity contribution in [3.05, 3.63) is 0 Å². The quantitative estimate of drug-likeness (QED) is 0.739. The molecule has 1 heterocycles. The van der Waals surface area contributed by atoms with Crippen LogP contribution in [0.3, 0.4) is 0 Å². The van der Waals surface area contributed by atoms with Gasteiger partial charge in [0, 0.05) is 18.4 Å². The molecule has 1 unspecified atom stereocenters. The van der Waals surface area contributed by atoms with E-state index in [4.69, 9.17) is 0 Å². The topological polar surface area (TPSA) is 70.6 Å². The Morgan fingerprint density at radius 3 is 2.62 bits per heavy atom. The first-order chi connectivity index (χ1) is 7.33. The number of carbonyl (C=O) groups excluding carboxylic acids is 2. The van der Waals surface area contributed by atoms with E-state index >= 15 is 0 Å². The van der Waals surface area contributed by atoms with Crippen molar-refractivity contribution < 1.29 is 9.59 Å². The Kier molecular flexibility index (Phi) is 3.67. The van der Waals surface area contributed by atoms with Gasteiger partial charge in [0.2, 0.25) is 5.91 Å². The van der Waals surface area contributed by atoms with Gasteiger partial charge < -0.3 is 5.32 Å². The van der Waals surface area contributed by atoms with Crippen LogP contribution in [0.25, 0.3) is 0 Å². The summed E-state index contributed by atoms with van der Waals surface area (Å²) in [5.74, 6) is -0.117. The summed E-state index contributed by atoms with van der Waals surface area (Å²) in [6.07, 6.45) is 0.808. The highest BCUT2D eigenvalue weighted by atomic mass is 16.2. The van der Waals surface area contributed by atoms with Crippen LogP contribution >= 0.6 is 0 Å². The fourth-order valence-electron chi connectivity index (χ4n) is 1.43. The van der Waals surface area contributed by atoms with Gasteiger partial charge in [-0.15, -0.1) is 0 Å². The first-order valence-electron chi connectivity index (χ1n) is 5.51. The van der Waals surface area contributed by atoms with Gasteiger partial charge in [-0.05, 0) is 20.8 Å². The molecule has 0 spiro atoms. The second-order valence-electron chi connectivity index (χ2n) is 4.96. The average Bonchev–Trinajstić information content (AvgIpc) is 2.62. The number of hydrazone groups is 1. The van der Waals surface area contributed by atoms with Gasteiger partial charge in [-0.25, -0.2) is 0 Å².